The van der Waals surface area contributed by atoms with Crippen molar-refractivity contribution < 1.29 is 9.47 Å². The highest BCUT2D eigenvalue weighted by Gasteiger charge is 2.20. The summed E-state index contributed by atoms with van der Waals surface area (Å²) in [6.45, 7) is 2.66. The molecule has 0 unspecified atom stereocenters. The van der Waals surface area contributed by atoms with E-state index in [9.17, 15) is 0 Å². The molecule has 1 fully saturated rings. The summed E-state index contributed by atoms with van der Waals surface area (Å²) in [5.41, 5.74) is 1.14. The summed E-state index contributed by atoms with van der Waals surface area (Å²) in [4.78, 5) is 6.67. The number of nitrogens with zero attached hydrogens (tertiary/aromatic N) is 2. The van der Waals surface area contributed by atoms with Crippen LogP contribution in [0.2, 0.25) is 0 Å². The molecular weight excluding hydrogens is 276 g/mol. The van der Waals surface area contributed by atoms with E-state index in [0.717, 1.165) is 31.5 Å². The van der Waals surface area contributed by atoms with E-state index >= 15 is 0 Å². The average molecular weight is 298 g/mol. The molecule has 1 aliphatic heterocycles. The van der Waals surface area contributed by atoms with E-state index in [1.165, 1.54) is 0 Å². The third kappa shape index (κ3) is 3.98. The number of pyridine rings is 1. The second-order valence-corrected chi connectivity index (χ2v) is 5.70. The molecule has 0 aliphatic carbocycles. The summed E-state index contributed by atoms with van der Waals surface area (Å²) < 4.78 is 11.9. The predicted octanol–water partition coefficient (Wildman–Crippen LogP) is 3.13. The number of hydrogen-bond donors (Lipinski definition) is 0. The zero-order valence-electron chi connectivity index (χ0n) is 12.9. The number of likely N-dealkylation sites (tertiary alicyclic amines) is 1. The van der Waals surface area contributed by atoms with Crippen molar-refractivity contribution in [1.82, 2.24) is 9.88 Å². The van der Waals surface area contributed by atoms with Crippen molar-refractivity contribution in [2.45, 2.75) is 25.6 Å². The van der Waals surface area contributed by atoms with Crippen molar-refractivity contribution >= 4 is 0 Å². The minimum atomic E-state index is 0.227. The van der Waals surface area contributed by atoms with Crippen LogP contribution in [0.5, 0.6) is 11.6 Å². The van der Waals surface area contributed by atoms with Gasteiger partial charge >= 0.3 is 0 Å². The van der Waals surface area contributed by atoms with Crippen LogP contribution in [0.25, 0.3) is 0 Å². The molecule has 1 aliphatic rings. The second-order valence-electron chi connectivity index (χ2n) is 5.70. The van der Waals surface area contributed by atoms with Crippen molar-refractivity contribution in [1.29, 1.82) is 0 Å². The Kier molecular flexibility index (Phi) is 4.91. The Morgan fingerprint density at radius 2 is 1.86 bits per heavy atom. The van der Waals surface area contributed by atoms with Gasteiger partial charge in [-0.05, 0) is 37.6 Å². The molecule has 0 bridgehead atoms. The highest BCUT2D eigenvalue weighted by atomic mass is 16.5. The SMILES string of the molecule is CN1CCC(Oc2ncccc2OCc2ccccc2)CC1. The molecule has 1 aromatic carbocycles. The summed E-state index contributed by atoms with van der Waals surface area (Å²) in [5, 5.41) is 0. The van der Waals surface area contributed by atoms with E-state index in [-0.39, 0.29) is 6.10 Å². The lowest BCUT2D eigenvalue weighted by atomic mass is 10.1. The van der Waals surface area contributed by atoms with Gasteiger partial charge in [0.25, 0.3) is 5.88 Å². The van der Waals surface area contributed by atoms with Crippen molar-refractivity contribution in [3.63, 3.8) is 0 Å². The Morgan fingerprint density at radius 3 is 2.64 bits per heavy atom. The first-order valence-corrected chi connectivity index (χ1v) is 7.78. The molecule has 0 N–H and O–H groups in total. The number of aromatic nitrogens is 1. The molecule has 2 aromatic rings. The fourth-order valence-electron chi connectivity index (χ4n) is 2.57. The van der Waals surface area contributed by atoms with Crippen LogP contribution in [-0.4, -0.2) is 36.1 Å². The van der Waals surface area contributed by atoms with Gasteiger partial charge in [-0.25, -0.2) is 4.98 Å². The van der Waals surface area contributed by atoms with Crippen LogP contribution in [0.3, 0.4) is 0 Å². The van der Waals surface area contributed by atoms with E-state index in [0.29, 0.717) is 18.2 Å². The third-order valence-corrected chi connectivity index (χ3v) is 3.92. The van der Waals surface area contributed by atoms with Crippen LogP contribution in [0.1, 0.15) is 18.4 Å². The standard InChI is InChI=1S/C18H22N2O2/c1-20-12-9-16(10-13-20)22-18-17(8-5-11-19-18)21-14-15-6-3-2-4-7-15/h2-8,11,16H,9-10,12-14H2,1H3. The largest absolute Gasteiger partial charge is 0.483 e. The van der Waals surface area contributed by atoms with Gasteiger partial charge in [-0.1, -0.05) is 30.3 Å². The van der Waals surface area contributed by atoms with Crippen LogP contribution < -0.4 is 9.47 Å². The minimum Gasteiger partial charge on any atom is -0.483 e. The molecule has 0 amide bonds. The maximum Gasteiger partial charge on any atom is 0.257 e. The smallest absolute Gasteiger partial charge is 0.257 e. The van der Waals surface area contributed by atoms with Gasteiger partial charge in [-0.3, -0.25) is 0 Å². The molecular formula is C18H22N2O2. The molecule has 1 aromatic heterocycles. The summed E-state index contributed by atoms with van der Waals surface area (Å²) >= 11 is 0. The van der Waals surface area contributed by atoms with Crippen LogP contribution in [-0.2, 0) is 6.61 Å². The maximum atomic E-state index is 6.06. The van der Waals surface area contributed by atoms with Gasteiger partial charge in [0.05, 0.1) is 0 Å². The van der Waals surface area contributed by atoms with Crippen LogP contribution in [0.15, 0.2) is 48.7 Å². The van der Waals surface area contributed by atoms with Gasteiger partial charge in [0.2, 0.25) is 0 Å². The van der Waals surface area contributed by atoms with Crippen molar-refractivity contribution in [2.24, 2.45) is 0 Å². The van der Waals surface area contributed by atoms with Gasteiger partial charge in [-0.15, -0.1) is 0 Å². The van der Waals surface area contributed by atoms with Crippen molar-refractivity contribution in [3.05, 3.63) is 54.2 Å². The third-order valence-electron chi connectivity index (χ3n) is 3.92. The maximum absolute atomic E-state index is 6.06. The number of piperidine rings is 1. The normalized spacial score (nSPS) is 16.4. The molecule has 4 heteroatoms. The lowest BCUT2D eigenvalue weighted by molar-refractivity contribution is 0.105. The Hall–Kier alpha value is -2.07. The zero-order valence-corrected chi connectivity index (χ0v) is 12.9. The first kappa shape index (κ1) is 14.9. The predicted molar refractivity (Wildman–Crippen MR) is 86.2 cm³/mol. The number of rotatable bonds is 5. The molecule has 0 atom stereocenters. The van der Waals surface area contributed by atoms with Crippen molar-refractivity contribution in [2.75, 3.05) is 20.1 Å². The van der Waals surface area contributed by atoms with Gasteiger partial charge in [0.1, 0.15) is 12.7 Å². The van der Waals surface area contributed by atoms with E-state index in [1.54, 1.807) is 6.20 Å². The molecule has 116 valence electrons. The molecule has 4 nitrogen and oxygen atoms in total. The first-order valence-electron chi connectivity index (χ1n) is 7.78. The molecule has 0 radical (unpaired) electrons. The van der Waals surface area contributed by atoms with Gasteiger partial charge in [0.15, 0.2) is 5.75 Å². The molecule has 0 saturated carbocycles. The molecule has 0 spiro atoms. The highest BCUT2D eigenvalue weighted by Crippen LogP contribution is 2.27. The van der Waals surface area contributed by atoms with E-state index < -0.39 is 0 Å². The minimum absolute atomic E-state index is 0.227. The average Bonchev–Trinajstić information content (AvgIpc) is 2.57. The quantitative estimate of drug-likeness (QED) is 0.849. The fourth-order valence-corrected chi connectivity index (χ4v) is 2.57. The number of hydrogen-bond acceptors (Lipinski definition) is 4. The van der Waals surface area contributed by atoms with E-state index in [1.807, 2.05) is 42.5 Å². The summed E-state index contributed by atoms with van der Waals surface area (Å²) in [7, 11) is 2.14. The van der Waals surface area contributed by atoms with Crippen LogP contribution in [0, 0.1) is 0 Å². The fraction of sp³-hybridized carbons (Fsp3) is 0.389. The Bertz CT molecular complexity index is 581. The topological polar surface area (TPSA) is 34.6 Å². The summed E-state index contributed by atoms with van der Waals surface area (Å²) in [6, 6.07) is 13.9. The first-order chi connectivity index (χ1) is 10.8. The lowest BCUT2D eigenvalue weighted by Crippen LogP contribution is -2.35. The Morgan fingerprint density at radius 1 is 1.09 bits per heavy atom. The van der Waals surface area contributed by atoms with Crippen LogP contribution in [0.4, 0.5) is 0 Å². The number of ether oxygens (including phenoxy) is 2. The summed E-state index contributed by atoms with van der Waals surface area (Å²) in [5.74, 6) is 1.32. The van der Waals surface area contributed by atoms with Crippen LogP contribution >= 0.6 is 0 Å². The van der Waals surface area contributed by atoms with Gasteiger partial charge < -0.3 is 14.4 Å². The molecule has 1 saturated heterocycles. The summed E-state index contributed by atoms with van der Waals surface area (Å²) in [6.07, 6.45) is 4.04. The number of benzene rings is 1. The second kappa shape index (κ2) is 7.27. The molecule has 22 heavy (non-hydrogen) atoms. The van der Waals surface area contributed by atoms with E-state index in [2.05, 4.69) is 16.9 Å². The Balaban J connectivity index is 1.62. The van der Waals surface area contributed by atoms with Crippen molar-refractivity contribution in [3.8, 4) is 11.6 Å². The highest BCUT2D eigenvalue weighted by molar-refractivity contribution is 5.33. The van der Waals surface area contributed by atoms with E-state index in [4.69, 9.17) is 9.47 Å². The molecule has 3 rings (SSSR count). The van der Waals surface area contributed by atoms with Gasteiger partial charge in [-0.2, -0.15) is 0 Å². The monoisotopic (exact) mass is 298 g/mol. The lowest BCUT2D eigenvalue weighted by Gasteiger charge is -2.29. The molecule has 2 heterocycles. The van der Waals surface area contributed by atoms with Gasteiger partial charge in [0, 0.05) is 19.3 Å². The Labute approximate surface area is 131 Å². The zero-order chi connectivity index (χ0) is 15.2.